The van der Waals surface area contributed by atoms with Gasteiger partial charge in [-0.25, -0.2) is 0 Å². The number of rotatable bonds is 9. The molecule has 0 radical (unpaired) electrons. The van der Waals surface area contributed by atoms with E-state index in [1.54, 1.807) is 0 Å². The summed E-state index contributed by atoms with van der Waals surface area (Å²) in [5.74, 6) is 0. The second-order valence-corrected chi connectivity index (χ2v) is 5.92. The second-order valence-electron chi connectivity index (χ2n) is 5.92. The standard InChI is InChI=1S/C18H29NO/c1-3-4-5-6-7-8-9-18(19-2)15-10-11-16-13-20-14-17(16)12-15/h10-12,18-19H,3-9,13-14H2,1-2H3. The molecular formula is C18H29NO. The van der Waals surface area contributed by atoms with Crippen molar-refractivity contribution >= 4 is 0 Å². The summed E-state index contributed by atoms with van der Waals surface area (Å²) >= 11 is 0. The van der Waals surface area contributed by atoms with Crippen LogP contribution in [0.4, 0.5) is 0 Å². The van der Waals surface area contributed by atoms with Crippen molar-refractivity contribution in [1.29, 1.82) is 0 Å². The Bertz CT molecular complexity index is 402. The molecule has 0 saturated carbocycles. The maximum atomic E-state index is 5.50. The fraction of sp³-hybridized carbons (Fsp3) is 0.667. The molecule has 1 N–H and O–H groups in total. The van der Waals surface area contributed by atoms with Gasteiger partial charge in [-0.05, 0) is 30.2 Å². The van der Waals surface area contributed by atoms with Gasteiger partial charge in [0.15, 0.2) is 0 Å². The van der Waals surface area contributed by atoms with E-state index in [4.69, 9.17) is 4.74 Å². The summed E-state index contributed by atoms with van der Waals surface area (Å²) < 4.78 is 5.50. The van der Waals surface area contributed by atoms with Crippen molar-refractivity contribution in [1.82, 2.24) is 5.32 Å². The van der Waals surface area contributed by atoms with Crippen LogP contribution in [0.15, 0.2) is 18.2 Å². The first-order valence-electron chi connectivity index (χ1n) is 8.22. The predicted octanol–water partition coefficient (Wildman–Crippen LogP) is 4.73. The minimum atomic E-state index is 0.493. The van der Waals surface area contributed by atoms with E-state index in [-0.39, 0.29) is 0 Å². The summed E-state index contributed by atoms with van der Waals surface area (Å²) in [5.41, 5.74) is 4.17. The molecule has 0 aromatic heterocycles. The Morgan fingerprint density at radius 1 is 1.05 bits per heavy atom. The lowest BCUT2D eigenvalue weighted by Crippen LogP contribution is -2.16. The van der Waals surface area contributed by atoms with E-state index in [1.807, 2.05) is 0 Å². The van der Waals surface area contributed by atoms with Crippen molar-refractivity contribution in [3.63, 3.8) is 0 Å². The molecule has 0 fully saturated rings. The maximum absolute atomic E-state index is 5.50. The Balaban J connectivity index is 1.79. The van der Waals surface area contributed by atoms with Gasteiger partial charge in [-0.1, -0.05) is 63.6 Å². The van der Waals surface area contributed by atoms with Gasteiger partial charge in [-0.15, -0.1) is 0 Å². The normalized spacial score (nSPS) is 15.3. The van der Waals surface area contributed by atoms with Crippen LogP contribution in [-0.2, 0) is 18.0 Å². The summed E-state index contributed by atoms with van der Waals surface area (Å²) in [6.07, 6.45) is 9.44. The van der Waals surface area contributed by atoms with Gasteiger partial charge in [-0.3, -0.25) is 0 Å². The predicted molar refractivity (Wildman–Crippen MR) is 84.7 cm³/mol. The van der Waals surface area contributed by atoms with Crippen molar-refractivity contribution in [3.05, 3.63) is 34.9 Å². The number of fused-ring (bicyclic) bond motifs is 1. The monoisotopic (exact) mass is 275 g/mol. The van der Waals surface area contributed by atoms with E-state index in [0.717, 1.165) is 13.2 Å². The molecule has 1 aromatic rings. The molecule has 1 atom stereocenters. The van der Waals surface area contributed by atoms with Crippen LogP contribution in [-0.4, -0.2) is 7.05 Å². The summed E-state index contributed by atoms with van der Waals surface area (Å²) in [6.45, 7) is 3.85. The van der Waals surface area contributed by atoms with Gasteiger partial charge in [0.05, 0.1) is 13.2 Å². The van der Waals surface area contributed by atoms with Gasteiger partial charge in [0, 0.05) is 6.04 Å². The number of ether oxygens (including phenoxy) is 1. The van der Waals surface area contributed by atoms with Crippen LogP contribution in [0.3, 0.4) is 0 Å². The molecular weight excluding hydrogens is 246 g/mol. The molecule has 1 unspecified atom stereocenters. The molecule has 20 heavy (non-hydrogen) atoms. The molecule has 1 aromatic carbocycles. The van der Waals surface area contributed by atoms with Gasteiger partial charge >= 0.3 is 0 Å². The third kappa shape index (κ3) is 4.32. The maximum Gasteiger partial charge on any atom is 0.0725 e. The van der Waals surface area contributed by atoms with Crippen LogP contribution >= 0.6 is 0 Å². The highest BCUT2D eigenvalue weighted by Crippen LogP contribution is 2.26. The second kappa shape index (κ2) is 8.43. The summed E-state index contributed by atoms with van der Waals surface area (Å²) in [7, 11) is 2.07. The number of nitrogens with one attached hydrogen (secondary N) is 1. The van der Waals surface area contributed by atoms with Crippen molar-refractivity contribution in [2.75, 3.05) is 7.05 Å². The molecule has 2 heteroatoms. The van der Waals surface area contributed by atoms with Gasteiger partial charge < -0.3 is 10.1 Å². The molecule has 2 nitrogen and oxygen atoms in total. The Morgan fingerprint density at radius 3 is 2.60 bits per heavy atom. The smallest absolute Gasteiger partial charge is 0.0725 e. The van der Waals surface area contributed by atoms with E-state index in [0.29, 0.717) is 6.04 Å². The lowest BCUT2D eigenvalue weighted by molar-refractivity contribution is 0.134. The quantitative estimate of drug-likeness (QED) is 0.658. The summed E-state index contributed by atoms with van der Waals surface area (Å²) in [5, 5.41) is 3.47. The highest BCUT2D eigenvalue weighted by atomic mass is 16.5. The highest BCUT2D eigenvalue weighted by molar-refractivity contribution is 5.34. The van der Waals surface area contributed by atoms with Crippen molar-refractivity contribution < 1.29 is 4.74 Å². The zero-order valence-electron chi connectivity index (χ0n) is 13.1. The van der Waals surface area contributed by atoms with Crippen LogP contribution in [0.2, 0.25) is 0 Å². The molecule has 0 amide bonds. The third-order valence-corrected chi connectivity index (χ3v) is 4.34. The number of hydrogen-bond donors (Lipinski definition) is 1. The lowest BCUT2D eigenvalue weighted by atomic mass is 9.97. The van der Waals surface area contributed by atoms with Crippen LogP contribution in [0.25, 0.3) is 0 Å². The molecule has 0 saturated heterocycles. The summed E-state index contributed by atoms with van der Waals surface area (Å²) in [4.78, 5) is 0. The van der Waals surface area contributed by atoms with Gasteiger partial charge in [-0.2, -0.15) is 0 Å². The number of hydrogen-bond acceptors (Lipinski definition) is 2. The molecule has 112 valence electrons. The highest BCUT2D eigenvalue weighted by Gasteiger charge is 2.15. The molecule has 1 aliphatic heterocycles. The number of benzene rings is 1. The Hall–Kier alpha value is -0.860. The fourth-order valence-electron chi connectivity index (χ4n) is 3.02. The minimum absolute atomic E-state index is 0.493. The fourth-order valence-corrected chi connectivity index (χ4v) is 3.02. The van der Waals surface area contributed by atoms with Crippen LogP contribution in [0, 0.1) is 0 Å². The zero-order valence-corrected chi connectivity index (χ0v) is 13.1. The number of unbranched alkanes of at least 4 members (excludes halogenated alkanes) is 5. The summed E-state index contributed by atoms with van der Waals surface area (Å²) in [6, 6.07) is 7.34. The molecule has 0 aliphatic carbocycles. The van der Waals surface area contributed by atoms with Crippen LogP contribution < -0.4 is 5.32 Å². The van der Waals surface area contributed by atoms with Gasteiger partial charge in [0.2, 0.25) is 0 Å². The van der Waals surface area contributed by atoms with Crippen LogP contribution in [0.1, 0.15) is 74.6 Å². The van der Waals surface area contributed by atoms with Crippen LogP contribution in [0.5, 0.6) is 0 Å². The van der Waals surface area contributed by atoms with E-state index < -0.39 is 0 Å². The molecule has 0 bridgehead atoms. The first-order valence-corrected chi connectivity index (χ1v) is 8.22. The topological polar surface area (TPSA) is 21.3 Å². The molecule has 1 aliphatic rings. The lowest BCUT2D eigenvalue weighted by Gasteiger charge is -2.17. The molecule has 2 rings (SSSR count). The SMILES string of the molecule is CCCCCCCCC(NC)c1ccc2c(c1)COC2. The Morgan fingerprint density at radius 2 is 1.80 bits per heavy atom. The molecule has 1 heterocycles. The zero-order chi connectivity index (χ0) is 14.2. The van der Waals surface area contributed by atoms with E-state index in [1.165, 1.54) is 61.6 Å². The van der Waals surface area contributed by atoms with Gasteiger partial charge in [0.1, 0.15) is 0 Å². The van der Waals surface area contributed by atoms with Crippen molar-refractivity contribution in [2.45, 2.75) is 71.1 Å². The average molecular weight is 275 g/mol. The van der Waals surface area contributed by atoms with E-state index >= 15 is 0 Å². The Kier molecular flexibility index (Phi) is 6.55. The first-order chi connectivity index (χ1) is 9.85. The van der Waals surface area contributed by atoms with E-state index in [2.05, 4.69) is 37.5 Å². The van der Waals surface area contributed by atoms with Gasteiger partial charge in [0.25, 0.3) is 0 Å². The first kappa shape index (κ1) is 15.5. The van der Waals surface area contributed by atoms with Crippen molar-refractivity contribution in [2.24, 2.45) is 0 Å². The Labute approximate surface area is 123 Å². The largest absolute Gasteiger partial charge is 0.372 e. The average Bonchev–Trinajstić information content (AvgIpc) is 2.94. The third-order valence-electron chi connectivity index (χ3n) is 4.34. The van der Waals surface area contributed by atoms with Crippen molar-refractivity contribution in [3.8, 4) is 0 Å². The van der Waals surface area contributed by atoms with E-state index in [9.17, 15) is 0 Å². The minimum Gasteiger partial charge on any atom is -0.372 e. The molecule has 0 spiro atoms.